The molecule has 0 spiro atoms. The average Bonchev–Trinajstić information content (AvgIpc) is 3.31. The molecule has 1 fully saturated rings. The molecule has 8 nitrogen and oxygen atoms in total. The van der Waals surface area contributed by atoms with Crippen molar-refractivity contribution in [3.63, 3.8) is 0 Å². The number of carbonyl (C=O) groups is 1. The van der Waals surface area contributed by atoms with E-state index in [0.717, 1.165) is 29.9 Å². The summed E-state index contributed by atoms with van der Waals surface area (Å²) in [5.41, 5.74) is 1.98. The summed E-state index contributed by atoms with van der Waals surface area (Å²) in [6.07, 6.45) is 2.08. The van der Waals surface area contributed by atoms with Crippen LogP contribution in [0.4, 0.5) is 0 Å². The zero-order valence-electron chi connectivity index (χ0n) is 19.3. The number of nitrogens with zero attached hydrogens (tertiary/aromatic N) is 3. The Morgan fingerprint density at radius 3 is 2.53 bits per heavy atom. The lowest BCUT2D eigenvalue weighted by molar-refractivity contribution is -0.136. The molecule has 3 rings (SSSR count). The van der Waals surface area contributed by atoms with Crippen molar-refractivity contribution in [2.24, 2.45) is 4.99 Å². The molecular weight excluding hydrogens is 406 g/mol. The Balaban J connectivity index is 1.60. The lowest BCUT2D eigenvalue weighted by Crippen LogP contribution is -2.47. The molecule has 174 valence electrons. The molecule has 1 aliphatic heterocycles. The maximum Gasteiger partial charge on any atom is 0.232 e. The molecule has 2 N–H and O–H groups in total. The molecule has 1 aromatic heterocycles. The highest BCUT2D eigenvalue weighted by Gasteiger charge is 2.27. The number of aromatic nitrogens is 1. The summed E-state index contributed by atoms with van der Waals surface area (Å²) in [6.45, 7) is 7.65. The summed E-state index contributed by atoms with van der Waals surface area (Å²) >= 11 is 0. The Labute approximate surface area is 190 Å². The number of rotatable bonds is 9. The van der Waals surface area contributed by atoms with Crippen LogP contribution in [0.3, 0.4) is 0 Å². The van der Waals surface area contributed by atoms with Gasteiger partial charge in [0.05, 0.1) is 31.4 Å². The Hall–Kier alpha value is -2.87. The zero-order valence-corrected chi connectivity index (χ0v) is 19.3. The summed E-state index contributed by atoms with van der Waals surface area (Å²) < 4.78 is 10.9. The first-order valence-corrected chi connectivity index (χ1v) is 11.5. The first-order valence-electron chi connectivity index (χ1n) is 11.5. The van der Waals surface area contributed by atoms with Crippen LogP contribution in [0.15, 0.2) is 45.9 Å². The van der Waals surface area contributed by atoms with Gasteiger partial charge in [0.25, 0.3) is 0 Å². The second-order valence-corrected chi connectivity index (χ2v) is 7.94. The molecule has 0 saturated carbocycles. The van der Waals surface area contributed by atoms with E-state index in [1.54, 1.807) is 7.05 Å². The molecule has 2 heterocycles. The van der Waals surface area contributed by atoms with E-state index in [4.69, 9.17) is 9.26 Å². The molecule has 1 unspecified atom stereocenters. The lowest BCUT2D eigenvalue weighted by Gasteiger charge is -2.31. The van der Waals surface area contributed by atoms with Gasteiger partial charge in [-0.1, -0.05) is 49.3 Å². The molecule has 1 aromatic carbocycles. The van der Waals surface area contributed by atoms with Gasteiger partial charge in [-0.15, -0.1) is 0 Å². The van der Waals surface area contributed by atoms with Crippen LogP contribution in [0.25, 0.3) is 0 Å². The highest BCUT2D eigenvalue weighted by atomic mass is 16.5. The topological polar surface area (TPSA) is 92.0 Å². The van der Waals surface area contributed by atoms with Gasteiger partial charge in [-0.25, -0.2) is 0 Å². The third kappa shape index (κ3) is 6.32. The van der Waals surface area contributed by atoms with Gasteiger partial charge in [0.2, 0.25) is 5.91 Å². The van der Waals surface area contributed by atoms with E-state index in [1.807, 2.05) is 41.3 Å². The molecule has 1 saturated heterocycles. The van der Waals surface area contributed by atoms with E-state index in [1.165, 1.54) is 0 Å². The van der Waals surface area contributed by atoms with Gasteiger partial charge in [0.1, 0.15) is 0 Å². The number of benzene rings is 1. The van der Waals surface area contributed by atoms with E-state index < -0.39 is 0 Å². The number of hydrogen-bond acceptors (Lipinski definition) is 5. The zero-order chi connectivity index (χ0) is 22.8. The summed E-state index contributed by atoms with van der Waals surface area (Å²) in [7, 11) is 1.71. The van der Waals surface area contributed by atoms with Crippen molar-refractivity contribution in [1.82, 2.24) is 20.7 Å². The van der Waals surface area contributed by atoms with E-state index in [9.17, 15) is 4.79 Å². The maximum atomic E-state index is 13.2. The summed E-state index contributed by atoms with van der Waals surface area (Å²) in [4.78, 5) is 19.4. The first kappa shape index (κ1) is 23.8. The van der Waals surface area contributed by atoms with Gasteiger partial charge in [-0.05, 0) is 18.4 Å². The van der Waals surface area contributed by atoms with Gasteiger partial charge in [-0.3, -0.25) is 9.79 Å². The number of aliphatic imine (C=N–C) groups is 1. The second kappa shape index (κ2) is 12.2. The SMILES string of the molecule is CCC(CC)c1cc(CNC(=NC)NCC(C(=O)N2CCOCC2)c2ccccc2)on1. The molecule has 1 amide bonds. The highest BCUT2D eigenvalue weighted by molar-refractivity contribution is 5.86. The quantitative estimate of drug-likeness (QED) is 0.459. The fraction of sp³-hybridized carbons (Fsp3) is 0.542. The van der Waals surface area contributed by atoms with E-state index in [0.29, 0.717) is 51.3 Å². The molecule has 8 heteroatoms. The van der Waals surface area contributed by atoms with Crippen LogP contribution in [0.5, 0.6) is 0 Å². The highest BCUT2D eigenvalue weighted by Crippen LogP contribution is 2.22. The van der Waals surface area contributed by atoms with E-state index in [-0.39, 0.29) is 11.8 Å². The summed E-state index contributed by atoms with van der Waals surface area (Å²) in [5, 5.41) is 10.8. The molecule has 0 aliphatic carbocycles. The average molecular weight is 442 g/mol. The Kier molecular flexibility index (Phi) is 9.10. The van der Waals surface area contributed by atoms with Crippen LogP contribution >= 0.6 is 0 Å². The normalized spacial score (nSPS) is 15.6. The Morgan fingerprint density at radius 1 is 1.16 bits per heavy atom. The number of hydrogen-bond donors (Lipinski definition) is 2. The second-order valence-electron chi connectivity index (χ2n) is 7.94. The number of guanidine groups is 1. The number of morpholine rings is 1. The van der Waals surface area contributed by atoms with Crippen molar-refractivity contribution >= 4 is 11.9 Å². The third-order valence-electron chi connectivity index (χ3n) is 5.93. The van der Waals surface area contributed by atoms with Crippen LogP contribution in [-0.4, -0.2) is 61.8 Å². The number of nitrogens with one attached hydrogen (secondary N) is 2. The van der Waals surface area contributed by atoms with Crippen LogP contribution in [0.2, 0.25) is 0 Å². The van der Waals surface area contributed by atoms with Crippen molar-refractivity contribution in [3.8, 4) is 0 Å². The van der Waals surface area contributed by atoms with Crippen molar-refractivity contribution in [2.45, 2.75) is 45.1 Å². The number of amides is 1. The molecular formula is C24H35N5O3. The van der Waals surface area contributed by atoms with Crippen LogP contribution < -0.4 is 10.6 Å². The van der Waals surface area contributed by atoms with Gasteiger partial charge in [-0.2, -0.15) is 0 Å². The number of carbonyl (C=O) groups excluding carboxylic acids is 1. The first-order chi connectivity index (χ1) is 15.7. The van der Waals surface area contributed by atoms with Crippen LogP contribution in [-0.2, 0) is 16.1 Å². The minimum Gasteiger partial charge on any atom is -0.378 e. The van der Waals surface area contributed by atoms with Gasteiger partial charge in [0.15, 0.2) is 11.7 Å². The van der Waals surface area contributed by atoms with Crippen LogP contribution in [0.1, 0.15) is 55.5 Å². The van der Waals surface area contributed by atoms with Crippen molar-refractivity contribution in [1.29, 1.82) is 0 Å². The molecule has 0 radical (unpaired) electrons. The maximum absolute atomic E-state index is 13.2. The van der Waals surface area contributed by atoms with E-state index in [2.05, 4.69) is 34.6 Å². The Morgan fingerprint density at radius 2 is 1.88 bits per heavy atom. The fourth-order valence-corrected chi connectivity index (χ4v) is 3.94. The Bertz CT molecular complexity index is 858. The fourth-order valence-electron chi connectivity index (χ4n) is 3.94. The van der Waals surface area contributed by atoms with Gasteiger partial charge < -0.3 is 24.8 Å². The van der Waals surface area contributed by atoms with Crippen molar-refractivity contribution in [2.75, 3.05) is 39.9 Å². The summed E-state index contributed by atoms with van der Waals surface area (Å²) in [5.74, 6) is 1.59. The minimum absolute atomic E-state index is 0.104. The monoisotopic (exact) mass is 441 g/mol. The predicted octanol–water partition coefficient (Wildman–Crippen LogP) is 2.89. The molecule has 2 aromatic rings. The van der Waals surface area contributed by atoms with Gasteiger partial charge in [0, 0.05) is 38.7 Å². The minimum atomic E-state index is -0.306. The van der Waals surface area contributed by atoms with Crippen molar-refractivity contribution < 1.29 is 14.1 Å². The van der Waals surface area contributed by atoms with Crippen molar-refractivity contribution in [3.05, 3.63) is 53.4 Å². The van der Waals surface area contributed by atoms with Crippen LogP contribution in [0, 0.1) is 0 Å². The van der Waals surface area contributed by atoms with E-state index >= 15 is 0 Å². The summed E-state index contributed by atoms with van der Waals surface area (Å²) in [6, 6.07) is 11.9. The lowest BCUT2D eigenvalue weighted by atomic mass is 9.97. The molecule has 1 atom stereocenters. The third-order valence-corrected chi connectivity index (χ3v) is 5.93. The standard InChI is InChI=1S/C24H35N5O3/c1-4-18(5-2)22-15-20(32-28-22)16-26-24(25-3)27-17-21(19-9-7-6-8-10-19)23(30)29-11-13-31-14-12-29/h6-10,15,18,21H,4-5,11-14,16-17H2,1-3H3,(H2,25,26,27). The smallest absolute Gasteiger partial charge is 0.232 e. The predicted molar refractivity (Wildman–Crippen MR) is 125 cm³/mol. The van der Waals surface area contributed by atoms with Gasteiger partial charge >= 0.3 is 0 Å². The molecule has 1 aliphatic rings. The molecule has 32 heavy (non-hydrogen) atoms. The number of ether oxygens (including phenoxy) is 1. The molecule has 0 bridgehead atoms. The largest absolute Gasteiger partial charge is 0.378 e.